The van der Waals surface area contributed by atoms with Gasteiger partial charge in [0.2, 0.25) is 0 Å². The fourth-order valence-electron chi connectivity index (χ4n) is 2.61. The van der Waals surface area contributed by atoms with Crippen molar-refractivity contribution in [1.29, 1.82) is 0 Å². The molecule has 0 spiro atoms. The van der Waals surface area contributed by atoms with Crippen LogP contribution in [0.2, 0.25) is 0 Å². The Morgan fingerprint density at radius 2 is 1.60 bits per heavy atom. The number of hydrogen-bond acceptors (Lipinski definition) is 3. The summed E-state index contributed by atoms with van der Waals surface area (Å²) in [6.07, 6.45) is 14.6. The van der Waals surface area contributed by atoms with Crippen molar-refractivity contribution in [3.8, 4) is 0 Å². The first-order valence-electron chi connectivity index (χ1n) is 8.64. The molecule has 1 heterocycles. The van der Waals surface area contributed by atoms with Crippen molar-refractivity contribution in [2.24, 2.45) is 0 Å². The van der Waals surface area contributed by atoms with Gasteiger partial charge >= 0.3 is 0 Å². The minimum atomic E-state index is 0.517. The molecule has 118 valence electrons. The van der Waals surface area contributed by atoms with E-state index in [1.165, 1.54) is 64.2 Å². The summed E-state index contributed by atoms with van der Waals surface area (Å²) in [6, 6.07) is 0.517. The molecule has 0 aliphatic carbocycles. The molecular weight excluding hydrogens is 250 g/mol. The molecule has 3 heteroatoms. The van der Waals surface area contributed by atoms with Gasteiger partial charge in [-0.3, -0.25) is 4.90 Å². The fraction of sp³-hybridized carbons (Fsp3) is 0.941. The molecule has 0 saturated carbocycles. The normalized spacial score (nSPS) is 21.1. The summed E-state index contributed by atoms with van der Waals surface area (Å²) < 4.78 is 5.65. The number of nitrogens with zero attached hydrogens (tertiary/aromatic N) is 1. The Hall–Kier alpha value is -0.410. The zero-order chi connectivity index (χ0) is 14.5. The maximum Gasteiger partial charge on any atom is 0.133 e. The van der Waals surface area contributed by atoms with Gasteiger partial charge in [0.25, 0.3) is 0 Å². The van der Waals surface area contributed by atoms with Crippen LogP contribution < -0.4 is 0 Å². The first kappa shape index (κ1) is 17.6. The summed E-state index contributed by atoms with van der Waals surface area (Å²) in [5.41, 5.74) is 0. The van der Waals surface area contributed by atoms with Gasteiger partial charge in [-0.1, -0.05) is 64.7 Å². The van der Waals surface area contributed by atoms with Crippen molar-refractivity contribution in [1.82, 2.24) is 4.90 Å². The maximum absolute atomic E-state index is 10.3. The molecule has 1 saturated heterocycles. The number of unbranched alkanes of at least 4 members (excludes halogenated alkanes) is 9. The van der Waals surface area contributed by atoms with Gasteiger partial charge < -0.3 is 9.53 Å². The van der Waals surface area contributed by atoms with Crippen LogP contribution in [-0.4, -0.2) is 43.5 Å². The van der Waals surface area contributed by atoms with E-state index >= 15 is 0 Å². The van der Waals surface area contributed by atoms with Crippen molar-refractivity contribution in [3.05, 3.63) is 0 Å². The fourth-order valence-corrected chi connectivity index (χ4v) is 2.61. The summed E-state index contributed by atoms with van der Waals surface area (Å²) in [7, 11) is 0. The number of rotatable bonds is 15. The molecule has 0 N–H and O–H groups in total. The first-order chi connectivity index (χ1) is 9.88. The van der Waals surface area contributed by atoms with Crippen molar-refractivity contribution in [2.45, 2.75) is 77.2 Å². The van der Waals surface area contributed by atoms with E-state index in [2.05, 4.69) is 11.8 Å². The molecule has 0 aromatic heterocycles. The van der Waals surface area contributed by atoms with Crippen LogP contribution in [0.25, 0.3) is 0 Å². The second kappa shape index (κ2) is 12.3. The molecule has 1 aliphatic rings. The van der Waals surface area contributed by atoms with Crippen LogP contribution in [0.5, 0.6) is 0 Å². The summed E-state index contributed by atoms with van der Waals surface area (Å²) in [6.45, 7) is 5.58. The average molecular weight is 283 g/mol. The van der Waals surface area contributed by atoms with Gasteiger partial charge in [-0.05, 0) is 6.42 Å². The Morgan fingerprint density at radius 3 is 2.20 bits per heavy atom. The summed E-state index contributed by atoms with van der Waals surface area (Å²) in [5, 5.41) is 0. The lowest BCUT2D eigenvalue weighted by molar-refractivity contribution is -0.108. The van der Waals surface area contributed by atoms with Crippen LogP contribution >= 0.6 is 0 Å². The number of ether oxygens (including phenoxy) is 1. The topological polar surface area (TPSA) is 29.3 Å². The molecule has 1 rings (SSSR count). The van der Waals surface area contributed by atoms with Crippen LogP contribution in [0.15, 0.2) is 0 Å². The van der Waals surface area contributed by atoms with Gasteiger partial charge in [0.05, 0.1) is 13.2 Å². The molecule has 20 heavy (non-hydrogen) atoms. The maximum atomic E-state index is 10.3. The van der Waals surface area contributed by atoms with E-state index in [1.807, 2.05) is 0 Å². The summed E-state index contributed by atoms with van der Waals surface area (Å²) in [4.78, 5) is 12.4. The predicted octanol–water partition coefficient (Wildman–Crippen LogP) is 3.81. The number of aldehydes is 1. The van der Waals surface area contributed by atoms with E-state index in [9.17, 15) is 4.79 Å². The molecule has 0 aromatic rings. The molecule has 0 aromatic carbocycles. The Bertz CT molecular complexity index is 233. The lowest BCUT2D eigenvalue weighted by Gasteiger charge is -2.04. The molecule has 0 bridgehead atoms. The zero-order valence-corrected chi connectivity index (χ0v) is 13.3. The lowest BCUT2D eigenvalue weighted by Crippen LogP contribution is -2.11. The summed E-state index contributed by atoms with van der Waals surface area (Å²) >= 11 is 0. The number of carbonyl (C=O) groups is 1. The van der Waals surface area contributed by atoms with Gasteiger partial charge in [0.15, 0.2) is 0 Å². The molecule has 1 aliphatic heterocycles. The Morgan fingerprint density at radius 1 is 1.00 bits per heavy atom. The van der Waals surface area contributed by atoms with E-state index in [4.69, 9.17) is 4.74 Å². The van der Waals surface area contributed by atoms with Crippen molar-refractivity contribution in [2.75, 3.05) is 26.3 Å². The quantitative estimate of drug-likeness (QED) is 0.260. The zero-order valence-electron chi connectivity index (χ0n) is 13.3. The Balaban J connectivity index is 1.68. The van der Waals surface area contributed by atoms with Crippen molar-refractivity contribution < 1.29 is 9.53 Å². The average Bonchev–Trinajstić information content (AvgIpc) is 3.19. The molecule has 0 amide bonds. The smallest absolute Gasteiger partial charge is 0.133 e. The SMILES string of the molecule is CCCCCCCCCCCCOCC1CN1CC=O. The molecule has 1 fully saturated rings. The third kappa shape index (κ3) is 9.49. The van der Waals surface area contributed by atoms with Crippen LogP contribution in [0, 0.1) is 0 Å². The first-order valence-corrected chi connectivity index (χ1v) is 8.64. The highest BCUT2D eigenvalue weighted by Gasteiger charge is 2.32. The van der Waals surface area contributed by atoms with Crippen LogP contribution in [0.4, 0.5) is 0 Å². The van der Waals surface area contributed by atoms with Crippen LogP contribution in [0.1, 0.15) is 71.1 Å². The predicted molar refractivity (Wildman–Crippen MR) is 84.1 cm³/mol. The van der Waals surface area contributed by atoms with E-state index < -0.39 is 0 Å². The monoisotopic (exact) mass is 283 g/mol. The largest absolute Gasteiger partial charge is 0.380 e. The number of hydrogen-bond donors (Lipinski definition) is 0. The van der Waals surface area contributed by atoms with Gasteiger partial charge in [-0.25, -0.2) is 0 Å². The molecule has 0 radical (unpaired) electrons. The van der Waals surface area contributed by atoms with E-state index in [-0.39, 0.29) is 0 Å². The van der Waals surface area contributed by atoms with Gasteiger partial charge in [0.1, 0.15) is 6.29 Å². The van der Waals surface area contributed by atoms with Crippen molar-refractivity contribution >= 4 is 6.29 Å². The second-order valence-corrected chi connectivity index (χ2v) is 6.03. The molecule has 2 atom stereocenters. The Labute approximate surface area is 125 Å². The summed E-state index contributed by atoms with van der Waals surface area (Å²) in [5.74, 6) is 0. The molecular formula is C17H33NO2. The molecule has 3 nitrogen and oxygen atoms in total. The lowest BCUT2D eigenvalue weighted by atomic mass is 10.1. The number of carbonyl (C=O) groups excluding carboxylic acids is 1. The van der Waals surface area contributed by atoms with Crippen LogP contribution in [0.3, 0.4) is 0 Å². The van der Waals surface area contributed by atoms with Crippen molar-refractivity contribution in [3.63, 3.8) is 0 Å². The van der Waals surface area contributed by atoms with E-state index in [0.717, 1.165) is 26.0 Å². The van der Waals surface area contributed by atoms with E-state index in [1.54, 1.807) is 0 Å². The van der Waals surface area contributed by atoms with Gasteiger partial charge in [0, 0.05) is 19.2 Å². The minimum Gasteiger partial charge on any atom is -0.380 e. The highest BCUT2D eigenvalue weighted by Crippen LogP contribution is 2.16. The van der Waals surface area contributed by atoms with Gasteiger partial charge in [-0.2, -0.15) is 0 Å². The third-order valence-corrected chi connectivity index (χ3v) is 4.09. The Kier molecular flexibility index (Phi) is 10.9. The highest BCUT2D eigenvalue weighted by molar-refractivity contribution is 5.52. The standard InChI is InChI=1S/C17H33NO2/c1-2-3-4-5-6-7-8-9-10-11-14-20-16-17-15-18(17)12-13-19/h13,17H,2-12,14-16H2,1H3. The third-order valence-electron chi connectivity index (χ3n) is 4.09. The van der Waals surface area contributed by atoms with Gasteiger partial charge in [-0.15, -0.1) is 0 Å². The minimum absolute atomic E-state index is 0.517. The molecule has 2 unspecified atom stereocenters. The van der Waals surface area contributed by atoms with Crippen LogP contribution in [-0.2, 0) is 9.53 Å². The highest BCUT2D eigenvalue weighted by atomic mass is 16.5. The second-order valence-electron chi connectivity index (χ2n) is 6.03. The van der Waals surface area contributed by atoms with E-state index in [0.29, 0.717) is 12.6 Å².